The summed E-state index contributed by atoms with van der Waals surface area (Å²) in [6.07, 6.45) is 1.14. The van der Waals surface area contributed by atoms with Crippen LogP contribution in [-0.4, -0.2) is 20.4 Å². The van der Waals surface area contributed by atoms with Crippen LogP contribution in [0.3, 0.4) is 0 Å². The summed E-state index contributed by atoms with van der Waals surface area (Å²) in [4.78, 5) is 3.67. The number of aromatic nitrogens is 1. The number of pyridine rings is 1. The average Bonchev–Trinajstić information content (AvgIpc) is 2.49. The van der Waals surface area contributed by atoms with Crippen LogP contribution in [0.2, 0.25) is 5.02 Å². The number of halogens is 1. The number of rotatable bonds is 3. The molecule has 0 bridgehead atoms. The van der Waals surface area contributed by atoms with E-state index in [1.165, 1.54) is 19.2 Å². The minimum atomic E-state index is -3.83. The fourth-order valence-corrected chi connectivity index (χ4v) is 3.03. The number of nitrogen functional groups attached to an aromatic ring is 1. The van der Waals surface area contributed by atoms with Crippen LogP contribution < -0.4 is 10.0 Å². The second-order valence-corrected chi connectivity index (χ2v) is 6.55. The molecule has 0 saturated carbocycles. The van der Waals surface area contributed by atoms with Crippen LogP contribution in [0.25, 0.3) is 0 Å². The Bertz CT molecular complexity index is 830. The van der Waals surface area contributed by atoms with E-state index in [1.54, 1.807) is 18.2 Å². The third kappa shape index (κ3) is 2.91. The van der Waals surface area contributed by atoms with Crippen molar-refractivity contribution in [1.29, 1.82) is 5.26 Å². The number of hydrogen-bond acceptors (Lipinski definition) is 5. The lowest BCUT2D eigenvalue weighted by Crippen LogP contribution is -2.26. The molecular formula is C13H11ClN4O2S. The van der Waals surface area contributed by atoms with Crippen molar-refractivity contribution < 1.29 is 8.42 Å². The van der Waals surface area contributed by atoms with Crippen molar-refractivity contribution in [3.05, 3.63) is 47.1 Å². The standard InChI is InChI=1S/C13H11ClN4O2S/c1-18(10-4-2-3-9(5-10)7-15)21(19,20)11-6-12(14)13(16)17-8-11/h2-6,8H,1H3,(H2,16,17). The first kappa shape index (κ1) is 15.1. The maximum absolute atomic E-state index is 12.5. The lowest BCUT2D eigenvalue weighted by Gasteiger charge is -2.19. The smallest absolute Gasteiger partial charge is 0.265 e. The van der Waals surface area contributed by atoms with Gasteiger partial charge in [-0.25, -0.2) is 13.4 Å². The van der Waals surface area contributed by atoms with Gasteiger partial charge in [0.05, 0.1) is 22.3 Å². The van der Waals surface area contributed by atoms with E-state index in [4.69, 9.17) is 22.6 Å². The van der Waals surface area contributed by atoms with Gasteiger partial charge in [-0.15, -0.1) is 0 Å². The van der Waals surface area contributed by atoms with Crippen molar-refractivity contribution in [2.75, 3.05) is 17.1 Å². The molecule has 2 rings (SSSR count). The molecule has 108 valence electrons. The van der Waals surface area contributed by atoms with E-state index in [2.05, 4.69) is 4.98 Å². The van der Waals surface area contributed by atoms with Crippen LogP contribution in [-0.2, 0) is 10.0 Å². The fourth-order valence-electron chi connectivity index (χ4n) is 1.64. The van der Waals surface area contributed by atoms with E-state index in [0.29, 0.717) is 11.3 Å². The molecule has 0 unspecified atom stereocenters. The first-order valence-corrected chi connectivity index (χ1v) is 7.58. The Kier molecular flexibility index (Phi) is 4.02. The van der Waals surface area contributed by atoms with Gasteiger partial charge in [0.25, 0.3) is 10.0 Å². The van der Waals surface area contributed by atoms with Crippen molar-refractivity contribution in [3.8, 4) is 6.07 Å². The Labute approximate surface area is 127 Å². The Hall–Kier alpha value is -2.30. The highest BCUT2D eigenvalue weighted by Gasteiger charge is 2.22. The van der Waals surface area contributed by atoms with Crippen LogP contribution in [0, 0.1) is 11.3 Å². The van der Waals surface area contributed by atoms with Crippen LogP contribution in [0.15, 0.2) is 41.4 Å². The van der Waals surface area contributed by atoms with Gasteiger partial charge in [-0.1, -0.05) is 17.7 Å². The molecule has 1 heterocycles. The molecule has 0 radical (unpaired) electrons. The van der Waals surface area contributed by atoms with E-state index in [9.17, 15) is 8.42 Å². The maximum Gasteiger partial charge on any atom is 0.265 e. The zero-order chi connectivity index (χ0) is 15.6. The summed E-state index contributed by atoms with van der Waals surface area (Å²) in [5.41, 5.74) is 6.20. The highest BCUT2D eigenvalue weighted by atomic mass is 35.5. The van der Waals surface area contributed by atoms with Gasteiger partial charge in [-0.05, 0) is 24.3 Å². The summed E-state index contributed by atoms with van der Waals surface area (Å²) in [7, 11) is -2.45. The summed E-state index contributed by atoms with van der Waals surface area (Å²) in [5, 5.41) is 8.94. The van der Waals surface area contributed by atoms with Gasteiger partial charge in [-0.3, -0.25) is 4.31 Å². The molecule has 0 atom stereocenters. The van der Waals surface area contributed by atoms with Crippen LogP contribution in [0.5, 0.6) is 0 Å². The summed E-state index contributed by atoms with van der Waals surface area (Å²) in [6, 6.07) is 9.46. The summed E-state index contributed by atoms with van der Waals surface area (Å²) in [5.74, 6) is 0.0600. The molecule has 0 fully saturated rings. The Morgan fingerprint density at radius 1 is 1.38 bits per heavy atom. The van der Waals surface area contributed by atoms with Gasteiger partial charge < -0.3 is 5.73 Å². The Balaban J connectivity index is 2.47. The maximum atomic E-state index is 12.5. The monoisotopic (exact) mass is 322 g/mol. The molecule has 6 nitrogen and oxygen atoms in total. The normalized spacial score (nSPS) is 10.9. The van der Waals surface area contributed by atoms with Crippen molar-refractivity contribution in [2.45, 2.75) is 4.90 Å². The summed E-state index contributed by atoms with van der Waals surface area (Å²) < 4.78 is 26.1. The van der Waals surface area contributed by atoms with Crippen molar-refractivity contribution in [3.63, 3.8) is 0 Å². The zero-order valence-corrected chi connectivity index (χ0v) is 12.6. The number of benzene rings is 1. The van der Waals surface area contributed by atoms with E-state index in [-0.39, 0.29) is 15.7 Å². The van der Waals surface area contributed by atoms with Gasteiger partial charge in [0.1, 0.15) is 10.7 Å². The molecule has 0 saturated heterocycles. The molecule has 0 aliphatic carbocycles. The fraction of sp³-hybridized carbons (Fsp3) is 0.0769. The van der Waals surface area contributed by atoms with Crippen molar-refractivity contribution in [2.24, 2.45) is 0 Å². The summed E-state index contributed by atoms with van der Waals surface area (Å²) in [6.45, 7) is 0. The molecule has 21 heavy (non-hydrogen) atoms. The largest absolute Gasteiger partial charge is 0.382 e. The van der Waals surface area contributed by atoms with Gasteiger partial charge in [0, 0.05) is 13.2 Å². The molecule has 1 aromatic heterocycles. The van der Waals surface area contributed by atoms with Gasteiger partial charge in [0.2, 0.25) is 0 Å². The molecule has 2 N–H and O–H groups in total. The number of hydrogen-bond donors (Lipinski definition) is 1. The minimum absolute atomic E-state index is 0.0600. The van der Waals surface area contributed by atoms with Gasteiger partial charge in [0.15, 0.2) is 0 Å². The number of sulfonamides is 1. The molecule has 2 aromatic rings. The van der Waals surface area contributed by atoms with Crippen LogP contribution in [0.1, 0.15) is 5.56 Å². The van der Waals surface area contributed by atoms with Crippen LogP contribution >= 0.6 is 11.6 Å². The predicted molar refractivity (Wildman–Crippen MR) is 80.4 cm³/mol. The first-order valence-electron chi connectivity index (χ1n) is 5.76. The molecule has 0 aliphatic heterocycles. The number of nitrogens with zero attached hydrogens (tertiary/aromatic N) is 3. The highest BCUT2D eigenvalue weighted by Crippen LogP contribution is 2.25. The third-order valence-corrected chi connectivity index (χ3v) is 4.90. The molecular weight excluding hydrogens is 312 g/mol. The average molecular weight is 323 g/mol. The molecule has 8 heteroatoms. The molecule has 0 spiro atoms. The van der Waals surface area contributed by atoms with Gasteiger partial charge in [-0.2, -0.15) is 5.26 Å². The predicted octanol–water partition coefficient (Wildman–Crippen LogP) is 2.01. The van der Waals surface area contributed by atoms with E-state index >= 15 is 0 Å². The molecule has 1 aromatic carbocycles. The van der Waals surface area contributed by atoms with Crippen molar-refractivity contribution >= 4 is 33.1 Å². The van der Waals surface area contributed by atoms with E-state index in [1.807, 2.05) is 6.07 Å². The third-order valence-electron chi connectivity index (χ3n) is 2.84. The molecule has 0 aliphatic rings. The van der Waals surface area contributed by atoms with Crippen LogP contribution in [0.4, 0.5) is 11.5 Å². The Morgan fingerprint density at radius 2 is 2.10 bits per heavy atom. The number of anilines is 2. The topological polar surface area (TPSA) is 100 Å². The Morgan fingerprint density at radius 3 is 2.71 bits per heavy atom. The number of nitriles is 1. The van der Waals surface area contributed by atoms with E-state index < -0.39 is 10.0 Å². The quantitative estimate of drug-likeness (QED) is 0.931. The second-order valence-electron chi connectivity index (χ2n) is 4.17. The highest BCUT2D eigenvalue weighted by molar-refractivity contribution is 7.92. The number of nitrogens with two attached hydrogens (primary N) is 1. The lowest BCUT2D eigenvalue weighted by molar-refractivity contribution is 0.594. The minimum Gasteiger partial charge on any atom is -0.382 e. The first-order chi connectivity index (χ1) is 9.86. The SMILES string of the molecule is CN(c1cccc(C#N)c1)S(=O)(=O)c1cnc(N)c(Cl)c1. The van der Waals surface area contributed by atoms with Crippen molar-refractivity contribution in [1.82, 2.24) is 4.98 Å². The van der Waals surface area contributed by atoms with Gasteiger partial charge >= 0.3 is 0 Å². The molecule has 0 amide bonds. The second kappa shape index (κ2) is 5.60. The summed E-state index contributed by atoms with van der Waals surface area (Å²) >= 11 is 5.80. The zero-order valence-electron chi connectivity index (χ0n) is 11.0. The lowest BCUT2D eigenvalue weighted by atomic mass is 10.2. The van der Waals surface area contributed by atoms with E-state index in [0.717, 1.165) is 10.5 Å².